The van der Waals surface area contributed by atoms with Gasteiger partial charge in [0.2, 0.25) is 5.88 Å². The quantitative estimate of drug-likeness (QED) is 0.618. The molecule has 1 fully saturated rings. The molecule has 1 aromatic carbocycles. The summed E-state index contributed by atoms with van der Waals surface area (Å²) in [6.07, 6.45) is 3.40. The molecule has 8 heteroatoms. The Morgan fingerprint density at radius 1 is 1.27 bits per heavy atom. The first-order valence-corrected chi connectivity index (χ1v) is 10.2. The smallest absolute Gasteiger partial charge is 0.253 e. The van der Waals surface area contributed by atoms with Gasteiger partial charge in [-0.25, -0.2) is 4.98 Å². The summed E-state index contributed by atoms with van der Waals surface area (Å²) in [5, 5.41) is 17.5. The molecule has 2 N–H and O–H groups in total. The molecule has 0 saturated heterocycles. The van der Waals surface area contributed by atoms with Crippen LogP contribution in [0.3, 0.4) is 0 Å². The lowest BCUT2D eigenvalue weighted by Gasteiger charge is -2.16. The van der Waals surface area contributed by atoms with Crippen LogP contribution in [0.1, 0.15) is 40.9 Å². The van der Waals surface area contributed by atoms with Gasteiger partial charge in [0.25, 0.3) is 5.91 Å². The highest BCUT2D eigenvalue weighted by Gasteiger charge is 2.27. The molecule has 2 aromatic heterocycles. The van der Waals surface area contributed by atoms with Crippen LogP contribution in [-0.2, 0) is 6.61 Å². The summed E-state index contributed by atoms with van der Waals surface area (Å²) in [7, 11) is 0. The number of rotatable bonds is 6. The maximum atomic E-state index is 12.3. The molecule has 2 heterocycles. The first kappa shape index (κ1) is 20.4. The molecule has 7 nitrogen and oxygen atoms in total. The lowest BCUT2D eigenvalue weighted by atomic mass is 10.1. The van der Waals surface area contributed by atoms with Gasteiger partial charge in [0.15, 0.2) is 0 Å². The monoisotopic (exact) mass is 427 g/mol. The number of ether oxygens (including phenoxy) is 1. The number of aliphatic hydroxyl groups excluding tert-OH is 1. The summed E-state index contributed by atoms with van der Waals surface area (Å²) >= 11 is 5.96. The van der Waals surface area contributed by atoms with Gasteiger partial charge in [-0.3, -0.25) is 4.79 Å². The Kier molecular flexibility index (Phi) is 6.01. The highest BCUT2D eigenvalue weighted by Crippen LogP contribution is 2.27. The molecule has 0 aliphatic heterocycles. The van der Waals surface area contributed by atoms with Gasteiger partial charge in [-0.05, 0) is 44.4 Å². The first-order chi connectivity index (χ1) is 14.5. The molecule has 4 rings (SSSR count). The van der Waals surface area contributed by atoms with Crippen molar-refractivity contribution in [1.82, 2.24) is 15.5 Å². The molecular formula is C22H22ClN3O4. The van der Waals surface area contributed by atoms with Crippen molar-refractivity contribution in [2.75, 3.05) is 0 Å². The van der Waals surface area contributed by atoms with Crippen molar-refractivity contribution in [3.05, 3.63) is 64.5 Å². The molecular weight excluding hydrogens is 406 g/mol. The van der Waals surface area contributed by atoms with Crippen LogP contribution >= 0.6 is 11.6 Å². The molecule has 1 aliphatic rings. The lowest BCUT2D eigenvalue weighted by molar-refractivity contribution is 0.0873. The minimum atomic E-state index is -0.480. The zero-order chi connectivity index (χ0) is 21.1. The minimum absolute atomic E-state index is 0.198. The van der Waals surface area contributed by atoms with E-state index in [1.807, 2.05) is 19.1 Å². The number of carbonyl (C=O) groups is 1. The van der Waals surface area contributed by atoms with Crippen LogP contribution < -0.4 is 10.1 Å². The topological polar surface area (TPSA) is 97.5 Å². The number of halogens is 1. The highest BCUT2D eigenvalue weighted by molar-refractivity contribution is 6.30. The van der Waals surface area contributed by atoms with E-state index >= 15 is 0 Å². The fourth-order valence-electron chi connectivity index (χ4n) is 3.50. The Morgan fingerprint density at radius 3 is 2.73 bits per heavy atom. The first-order valence-electron chi connectivity index (χ1n) is 9.80. The molecule has 2 atom stereocenters. The van der Waals surface area contributed by atoms with Crippen molar-refractivity contribution in [2.24, 2.45) is 0 Å². The maximum absolute atomic E-state index is 12.3. The van der Waals surface area contributed by atoms with E-state index in [0.717, 1.165) is 30.4 Å². The third kappa shape index (κ3) is 4.47. The van der Waals surface area contributed by atoms with Crippen LogP contribution in [-0.4, -0.2) is 33.3 Å². The van der Waals surface area contributed by atoms with Gasteiger partial charge >= 0.3 is 0 Å². The summed E-state index contributed by atoms with van der Waals surface area (Å²) < 4.78 is 11.1. The second kappa shape index (κ2) is 8.85. The molecule has 1 aliphatic carbocycles. The number of hydrogen-bond donors (Lipinski definition) is 2. The molecule has 1 saturated carbocycles. The predicted molar refractivity (Wildman–Crippen MR) is 111 cm³/mol. The number of nitrogens with zero attached hydrogens (tertiary/aromatic N) is 2. The van der Waals surface area contributed by atoms with Crippen LogP contribution in [0.25, 0.3) is 11.3 Å². The average Bonchev–Trinajstić information content (AvgIpc) is 3.32. The van der Waals surface area contributed by atoms with Crippen LogP contribution in [0.2, 0.25) is 5.02 Å². The van der Waals surface area contributed by atoms with Crippen LogP contribution in [0.5, 0.6) is 5.88 Å². The highest BCUT2D eigenvalue weighted by atomic mass is 35.5. The Morgan fingerprint density at radius 2 is 2.07 bits per heavy atom. The third-order valence-electron chi connectivity index (χ3n) is 5.26. The van der Waals surface area contributed by atoms with E-state index < -0.39 is 6.10 Å². The summed E-state index contributed by atoms with van der Waals surface area (Å²) in [6.45, 7) is 2.05. The van der Waals surface area contributed by atoms with Gasteiger partial charge in [0, 0.05) is 22.8 Å². The SMILES string of the molecule is Cc1onc(-c2ccc(Cl)cc2)c1COc1ccc(C(=O)N[C@H]2CCC[C@@H]2O)cn1. The van der Waals surface area contributed by atoms with E-state index in [9.17, 15) is 9.90 Å². The van der Waals surface area contributed by atoms with Crippen LogP contribution in [0.4, 0.5) is 0 Å². The van der Waals surface area contributed by atoms with Gasteiger partial charge in [-0.1, -0.05) is 28.9 Å². The Bertz CT molecular complexity index is 1020. The molecule has 156 valence electrons. The molecule has 1 amide bonds. The number of aromatic nitrogens is 2. The Labute approximate surface area is 179 Å². The number of amides is 1. The maximum Gasteiger partial charge on any atom is 0.253 e. The normalized spacial score (nSPS) is 18.4. The Balaban J connectivity index is 1.41. The second-order valence-electron chi connectivity index (χ2n) is 7.32. The molecule has 0 unspecified atom stereocenters. The fraction of sp³-hybridized carbons (Fsp3) is 0.318. The lowest BCUT2D eigenvalue weighted by Crippen LogP contribution is -2.39. The van der Waals surface area contributed by atoms with Crippen molar-refractivity contribution >= 4 is 17.5 Å². The fourth-order valence-corrected chi connectivity index (χ4v) is 3.63. The molecule has 30 heavy (non-hydrogen) atoms. The van der Waals surface area contributed by atoms with Crippen LogP contribution in [0, 0.1) is 6.92 Å². The van der Waals surface area contributed by atoms with Gasteiger partial charge in [0.05, 0.1) is 23.3 Å². The standard InChI is InChI=1S/C22H22ClN3O4/c1-13-17(21(26-30-13)14-5-8-16(23)9-6-14)12-29-20-10-7-15(11-24-20)22(28)25-18-3-2-4-19(18)27/h5-11,18-19,27H,2-4,12H2,1H3,(H,25,28)/t18-,19-/m0/s1. The second-order valence-corrected chi connectivity index (χ2v) is 7.76. The van der Waals surface area contributed by atoms with E-state index in [0.29, 0.717) is 27.9 Å². The van der Waals surface area contributed by atoms with E-state index in [1.165, 1.54) is 6.20 Å². The van der Waals surface area contributed by atoms with Crippen molar-refractivity contribution < 1.29 is 19.2 Å². The number of benzene rings is 1. The minimum Gasteiger partial charge on any atom is -0.473 e. The zero-order valence-corrected chi connectivity index (χ0v) is 17.2. The summed E-state index contributed by atoms with van der Waals surface area (Å²) in [6, 6.07) is 10.4. The van der Waals surface area contributed by atoms with Crippen molar-refractivity contribution in [3.63, 3.8) is 0 Å². The van der Waals surface area contributed by atoms with Gasteiger partial charge in [-0.2, -0.15) is 0 Å². The molecule has 0 bridgehead atoms. The number of pyridine rings is 1. The largest absolute Gasteiger partial charge is 0.473 e. The summed E-state index contributed by atoms with van der Waals surface area (Å²) in [5.41, 5.74) is 2.81. The van der Waals surface area contributed by atoms with Crippen molar-refractivity contribution in [2.45, 2.75) is 44.9 Å². The number of nitrogens with one attached hydrogen (secondary N) is 1. The van der Waals surface area contributed by atoms with Crippen LogP contribution in [0.15, 0.2) is 47.1 Å². The summed E-state index contributed by atoms with van der Waals surface area (Å²) in [4.78, 5) is 16.6. The third-order valence-corrected chi connectivity index (χ3v) is 5.51. The van der Waals surface area contributed by atoms with E-state index in [-0.39, 0.29) is 18.6 Å². The molecule has 0 spiro atoms. The van der Waals surface area contributed by atoms with Gasteiger partial charge in [-0.15, -0.1) is 0 Å². The molecule has 0 radical (unpaired) electrons. The van der Waals surface area contributed by atoms with Gasteiger partial charge < -0.3 is 19.7 Å². The average molecular weight is 428 g/mol. The summed E-state index contributed by atoms with van der Waals surface area (Å²) in [5.74, 6) is 0.793. The van der Waals surface area contributed by atoms with Crippen molar-refractivity contribution in [1.29, 1.82) is 0 Å². The molecule has 3 aromatic rings. The van der Waals surface area contributed by atoms with Crippen molar-refractivity contribution in [3.8, 4) is 17.1 Å². The number of carbonyl (C=O) groups excluding carboxylic acids is 1. The van der Waals surface area contributed by atoms with E-state index in [2.05, 4.69) is 15.5 Å². The van der Waals surface area contributed by atoms with Gasteiger partial charge in [0.1, 0.15) is 18.1 Å². The number of aryl methyl sites for hydroxylation is 1. The van der Waals surface area contributed by atoms with E-state index in [4.69, 9.17) is 20.9 Å². The van der Waals surface area contributed by atoms with E-state index in [1.54, 1.807) is 24.3 Å². The predicted octanol–water partition coefficient (Wildman–Crippen LogP) is 3.92. The Hall–Kier alpha value is -2.90. The number of hydrogen-bond acceptors (Lipinski definition) is 6. The zero-order valence-electron chi connectivity index (χ0n) is 16.5. The number of aliphatic hydroxyl groups is 1.